The summed E-state index contributed by atoms with van der Waals surface area (Å²) in [7, 11) is -3.87. The molecule has 2 rings (SSSR count). The third-order valence-corrected chi connectivity index (χ3v) is 6.18. The van der Waals surface area contributed by atoms with Gasteiger partial charge >= 0.3 is 0 Å². The Hall–Kier alpha value is -1.74. The van der Waals surface area contributed by atoms with Crippen LogP contribution >= 0.6 is 0 Å². The number of hydrogen-bond acceptors (Lipinski definition) is 4. The largest absolute Gasteiger partial charge is 0.354 e. The molecule has 28 heavy (non-hydrogen) atoms. The van der Waals surface area contributed by atoms with Crippen LogP contribution in [0, 0.1) is 17.6 Å². The van der Waals surface area contributed by atoms with Gasteiger partial charge in [0.1, 0.15) is 6.04 Å². The zero-order chi connectivity index (χ0) is 20.9. The summed E-state index contributed by atoms with van der Waals surface area (Å²) in [6.45, 7) is 7.06. The van der Waals surface area contributed by atoms with Crippen molar-refractivity contribution in [3.63, 3.8) is 0 Å². The first-order valence-electron chi connectivity index (χ1n) is 9.54. The van der Waals surface area contributed by atoms with Gasteiger partial charge in [0.2, 0.25) is 15.9 Å². The standard InChI is InChI=1S/C19H29F2N3O3S/c1-14-6-4-10-23(13-14)11-5-9-22-19(25)15(2)24(28(3,26)27)16-7-8-17(20)18(21)12-16/h7-8,12,14-15H,4-6,9-11,13H2,1-3H3,(H,22,25). The number of likely N-dealkylation sites (tertiary alicyclic amines) is 1. The lowest BCUT2D eigenvalue weighted by molar-refractivity contribution is -0.121. The molecule has 1 saturated heterocycles. The zero-order valence-electron chi connectivity index (χ0n) is 16.6. The Morgan fingerprint density at radius 3 is 2.68 bits per heavy atom. The molecular formula is C19H29F2N3O3S. The van der Waals surface area contributed by atoms with Crippen LogP contribution in [-0.2, 0) is 14.8 Å². The van der Waals surface area contributed by atoms with E-state index in [1.54, 1.807) is 0 Å². The highest BCUT2D eigenvalue weighted by Crippen LogP contribution is 2.23. The quantitative estimate of drug-likeness (QED) is 0.660. The maximum Gasteiger partial charge on any atom is 0.243 e. The minimum atomic E-state index is -3.87. The van der Waals surface area contributed by atoms with E-state index in [9.17, 15) is 22.0 Å². The monoisotopic (exact) mass is 417 g/mol. The third-order valence-electron chi connectivity index (χ3n) is 4.94. The van der Waals surface area contributed by atoms with E-state index in [0.717, 1.165) is 54.8 Å². The van der Waals surface area contributed by atoms with Crippen LogP contribution in [0.5, 0.6) is 0 Å². The number of amides is 1. The molecule has 0 aromatic heterocycles. The molecule has 1 fully saturated rings. The van der Waals surface area contributed by atoms with Gasteiger partial charge in [-0.1, -0.05) is 6.92 Å². The molecule has 1 aliphatic rings. The molecule has 2 unspecified atom stereocenters. The van der Waals surface area contributed by atoms with Gasteiger partial charge in [0.05, 0.1) is 11.9 Å². The molecule has 1 N–H and O–H groups in total. The molecule has 2 atom stereocenters. The average Bonchev–Trinajstić information content (AvgIpc) is 2.60. The summed E-state index contributed by atoms with van der Waals surface area (Å²) < 4.78 is 51.8. The molecule has 1 heterocycles. The van der Waals surface area contributed by atoms with Gasteiger partial charge in [0, 0.05) is 19.2 Å². The number of hydrogen-bond donors (Lipinski definition) is 1. The summed E-state index contributed by atoms with van der Waals surface area (Å²) in [4.78, 5) is 14.8. The number of benzene rings is 1. The molecule has 0 aliphatic carbocycles. The van der Waals surface area contributed by atoms with Crippen LogP contribution in [0.4, 0.5) is 14.5 Å². The van der Waals surface area contributed by atoms with Crippen LogP contribution in [-0.4, -0.2) is 57.7 Å². The Balaban J connectivity index is 1.95. The predicted molar refractivity (Wildman–Crippen MR) is 106 cm³/mol. The van der Waals surface area contributed by atoms with Crippen molar-refractivity contribution in [2.24, 2.45) is 5.92 Å². The zero-order valence-corrected chi connectivity index (χ0v) is 17.4. The molecule has 1 aromatic carbocycles. The number of carbonyl (C=O) groups excluding carboxylic acids is 1. The van der Waals surface area contributed by atoms with E-state index >= 15 is 0 Å². The Kier molecular flexibility index (Phi) is 7.77. The topological polar surface area (TPSA) is 69.7 Å². The first kappa shape index (κ1) is 22.5. The fourth-order valence-corrected chi connectivity index (χ4v) is 4.75. The van der Waals surface area contributed by atoms with Gasteiger partial charge in [0.25, 0.3) is 0 Å². The lowest BCUT2D eigenvalue weighted by Gasteiger charge is -2.31. The molecule has 158 valence electrons. The minimum absolute atomic E-state index is 0.0913. The summed E-state index contributed by atoms with van der Waals surface area (Å²) in [5.74, 6) is -2.05. The van der Waals surface area contributed by atoms with Crippen LogP contribution in [0.3, 0.4) is 0 Å². The second-order valence-corrected chi connectivity index (χ2v) is 9.39. The van der Waals surface area contributed by atoms with Crippen LogP contribution in [0.25, 0.3) is 0 Å². The Morgan fingerprint density at radius 2 is 2.07 bits per heavy atom. The molecule has 0 bridgehead atoms. The van der Waals surface area contributed by atoms with Crippen LogP contribution < -0.4 is 9.62 Å². The molecule has 0 radical (unpaired) electrons. The molecule has 6 nitrogen and oxygen atoms in total. The number of nitrogens with zero attached hydrogens (tertiary/aromatic N) is 2. The summed E-state index contributed by atoms with van der Waals surface area (Å²) in [6, 6.07) is 1.67. The number of sulfonamides is 1. The first-order chi connectivity index (χ1) is 13.1. The molecule has 0 saturated carbocycles. The number of piperidine rings is 1. The number of nitrogens with one attached hydrogen (secondary N) is 1. The van der Waals surface area contributed by atoms with E-state index in [1.165, 1.54) is 19.8 Å². The van der Waals surface area contributed by atoms with E-state index in [-0.39, 0.29) is 5.69 Å². The van der Waals surface area contributed by atoms with E-state index in [2.05, 4.69) is 17.1 Å². The maximum absolute atomic E-state index is 13.5. The lowest BCUT2D eigenvalue weighted by atomic mass is 10.0. The van der Waals surface area contributed by atoms with Gasteiger partial charge in [-0.05, 0) is 57.3 Å². The van der Waals surface area contributed by atoms with Crippen molar-refractivity contribution in [1.29, 1.82) is 0 Å². The molecule has 1 aliphatic heterocycles. The van der Waals surface area contributed by atoms with Crippen molar-refractivity contribution in [1.82, 2.24) is 10.2 Å². The van der Waals surface area contributed by atoms with E-state index in [4.69, 9.17) is 0 Å². The fraction of sp³-hybridized carbons (Fsp3) is 0.632. The average molecular weight is 418 g/mol. The maximum atomic E-state index is 13.5. The SMILES string of the molecule is CC1CCCN(CCCNC(=O)C(C)N(c2ccc(F)c(F)c2)S(C)(=O)=O)C1. The van der Waals surface area contributed by atoms with Crippen molar-refractivity contribution < 1.29 is 22.0 Å². The predicted octanol–water partition coefficient (Wildman–Crippen LogP) is 2.36. The molecule has 0 spiro atoms. The van der Waals surface area contributed by atoms with Gasteiger partial charge in [-0.3, -0.25) is 9.10 Å². The van der Waals surface area contributed by atoms with Crippen molar-refractivity contribution in [2.45, 2.75) is 39.2 Å². The highest BCUT2D eigenvalue weighted by atomic mass is 32.2. The summed E-state index contributed by atoms with van der Waals surface area (Å²) >= 11 is 0. The second-order valence-electron chi connectivity index (χ2n) is 7.53. The van der Waals surface area contributed by atoms with Gasteiger partial charge in [-0.15, -0.1) is 0 Å². The number of carbonyl (C=O) groups is 1. The van der Waals surface area contributed by atoms with Crippen LogP contribution in [0.1, 0.15) is 33.1 Å². The molecular weight excluding hydrogens is 388 g/mol. The number of halogens is 2. The highest BCUT2D eigenvalue weighted by Gasteiger charge is 2.29. The van der Waals surface area contributed by atoms with Gasteiger partial charge < -0.3 is 10.2 Å². The first-order valence-corrected chi connectivity index (χ1v) is 11.4. The summed E-state index contributed by atoms with van der Waals surface area (Å²) in [5, 5.41) is 2.74. The van der Waals surface area contributed by atoms with Crippen molar-refractivity contribution >= 4 is 21.6 Å². The normalized spacial score (nSPS) is 19.2. The van der Waals surface area contributed by atoms with Crippen molar-refractivity contribution in [3.05, 3.63) is 29.8 Å². The van der Waals surface area contributed by atoms with Crippen molar-refractivity contribution in [3.8, 4) is 0 Å². The summed E-state index contributed by atoms with van der Waals surface area (Å²) in [5.41, 5.74) is -0.0913. The van der Waals surface area contributed by atoms with Gasteiger partial charge in [-0.2, -0.15) is 0 Å². The van der Waals surface area contributed by atoms with Crippen LogP contribution in [0.15, 0.2) is 18.2 Å². The second kappa shape index (κ2) is 9.65. The fourth-order valence-electron chi connectivity index (χ4n) is 3.58. The van der Waals surface area contributed by atoms with Gasteiger partial charge in [0.15, 0.2) is 11.6 Å². The minimum Gasteiger partial charge on any atom is -0.354 e. The highest BCUT2D eigenvalue weighted by molar-refractivity contribution is 7.92. The Morgan fingerprint density at radius 1 is 1.36 bits per heavy atom. The number of rotatable bonds is 8. The molecule has 1 amide bonds. The van der Waals surface area contributed by atoms with E-state index in [1.807, 2.05) is 0 Å². The van der Waals surface area contributed by atoms with Gasteiger partial charge in [-0.25, -0.2) is 17.2 Å². The molecule has 1 aromatic rings. The summed E-state index contributed by atoms with van der Waals surface area (Å²) in [6.07, 6.45) is 4.11. The van der Waals surface area contributed by atoms with E-state index < -0.39 is 33.6 Å². The lowest BCUT2D eigenvalue weighted by Crippen LogP contribution is -2.48. The molecule has 9 heteroatoms. The number of anilines is 1. The van der Waals surface area contributed by atoms with Crippen LogP contribution in [0.2, 0.25) is 0 Å². The Labute approximate surface area is 165 Å². The smallest absolute Gasteiger partial charge is 0.243 e. The van der Waals surface area contributed by atoms with Crippen molar-refractivity contribution in [2.75, 3.05) is 36.7 Å². The third kappa shape index (κ3) is 6.13. The van der Waals surface area contributed by atoms with E-state index in [0.29, 0.717) is 12.5 Å². The Bertz CT molecular complexity index is 789.